The van der Waals surface area contributed by atoms with E-state index in [0.29, 0.717) is 0 Å². The summed E-state index contributed by atoms with van der Waals surface area (Å²) in [5.41, 5.74) is 2.76. The summed E-state index contributed by atoms with van der Waals surface area (Å²) in [7, 11) is 4.13. The minimum Gasteiger partial charge on any atom is -0.308 e. The first-order valence-corrected chi connectivity index (χ1v) is 6.15. The third kappa shape index (κ3) is 5.14. The molecule has 1 aromatic carbocycles. The van der Waals surface area contributed by atoms with Crippen molar-refractivity contribution >= 4 is 6.21 Å². The number of hydrogen-bond acceptors (Lipinski definition) is 2. The average Bonchev–Trinajstić information content (AvgIpc) is 2.23. The molecule has 0 atom stereocenters. The molecule has 2 heteroatoms. The van der Waals surface area contributed by atoms with Crippen LogP contribution in [0.2, 0.25) is 0 Å². The molecule has 0 aliphatic rings. The molecule has 0 saturated heterocycles. The van der Waals surface area contributed by atoms with E-state index in [0.717, 1.165) is 13.1 Å². The highest BCUT2D eigenvalue weighted by Crippen LogP contribution is 2.21. The zero-order chi connectivity index (χ0) is 12.9. The Morgan fingerprint density at radius 1 is 1.12 bits per heavy atom. The lowest BCUT2D eigenvalue weighted by molar-refractivity contribution is 0.421. The summed E-state index contributed by atoms with van der Waals surface area (Å²) in [5.74, 6) is 0. The Morgan fingerprint density at radius 3 is 2.18 bits per heavy atom. The summed E-state index contributed by atoms with van der Waals surface area (Å²) in [5, 5.41) is 0. The van der Waals surface area contributed by atoms with Gasteiger partial charge in [0.2, 0.25) is 0 Å². The lowest BCUT2D eigenvalue weighted by atomic mass is 9.87. The zero-order valence-corrected chi connectivity index (χ0v) is 11.7. The molecule has 0 N–H and O–H groups in total. The van der Waals surface area contributed by atoms with Crippen LogP contribution in [0.4, 0.5) is 0 Å². The highest BCUT2D eigenvalue weighted by Gasteiger charge is 2.12. The van der Waals surface area contributed by atoms with Gasteiger partial charge in [0, 0.05) is 12.8 Å². The van der Waals surface area contributed by atoms with E-state index < -0.39 is 0 Å². The largest absolute Gasteiger partial charge is 0.308 e. The third-order valence-electron chi connectivity index (χ3n) is 2.69. The van der Waals surface area contributed by atoms with E-state index in [1.807, 2.05) is 6.21 Å². The van der Waals surface area contributed by atoms with Crippen LogP contribution in [0.25, 0.3) is 0 Å². The molecule has 0 spiro atoms. The molecule has 17 heavy (non-hydrogen) atoms. The van der Waals surface area contributed by atoms with Crippen LogP contribution in [-0.4, -0.2) is 38.3 Å². The predicted molar refractivity (Wildman–Crippen MR) is 76.2 cm³/mol. The van der Waals surface area contributed by atoms with Gasteiger partial charge in [-0.05, 0) is 30.6 Å². The summed E-state index contributed by atoms with van der Waals surface area (Å²) < 4.78 is 0. The van der Waals surface area contributed by atoms with Crippen LogP contribution in [0.15, 0.2) is 29.3 Å². The highest BCUT2D eigenvalue weighted by molar-refractivity contribution is 5.79. The van der Waals surface area contributed by atoms with Gasteiger partial charge in [0.25, 0.3) is 0 Å². The first-order valence-electron chi connectivity index (χ1n) is 6.15. The molecule has 0 aliphatic carbocycles. The molecule has 0 heterocycles. The zero-order valence-electron chi connectivity index (χ0n) is 11.7. The van der Waals surface area contributed by atoms with Crippen LogP contribution >= 0.6 is 0 Å². The van der Waals surface area contributed by atoms with Gasteiger partial charge in [0.15, 0.2) is 0 Å². The van der Waals surface area contributed by atoms with Crippen LogP contribution in [0.5, 0.6) is 0 Å². The third-order valence-corrected chi connectivity index (χ3v) is 2.69. The summed E-state index contributed by atoms with van der Waals surface area (Å²) in [6.45, 7) is 8.54. The Bertz CT molecular complexity index is 356. The maximum absolute atomic E-state index is 4.41. The van der Waals surface area contributed by atoms with Crippen LogP contribution in [0.3, 0.4) is 0 Å². The van der Waals surface area contributed by atoms with Crippen molar-refractivity contribution < 1.29 is 0 Å². The Balaban J connectivity index is 2.57. The molecular weight excluding hydrogens is 208 g/mol. The fourth-order valence-electron chi connectivity index (χ4n) is 1.50. The number of hydrogen-bond donors (Lipinski definition) is 0. The molecule has 1 rings (SSSR count). The van der Waals surface area contributed by atoms with E-state index in [-0.39, 0.29) is 5.41 Å². The van der Waals surface area contributed by atoms with E-state index in [2.05, 4.69) is 69.0 Å². The molecule has 0 saturated carbocycles. The summed E-state index contributed by atoms with van der Waals surface area (Å²) in [6, 6.07) is 8.65. The molecule has 94 valence electrons. The van der Waals surface area contributed by atoms with E-state index in [1.165, 1.54) is 11.1 Å². The van der Waals surface area contributed by atoms with Crippen LogP contribution < -0.4 is 0 Å². The lowest BCUT2D eigenvalue weighted by Crippen LogP contribution is -2.15. The molecule has 0 fully saturated rings. The molecule has 1 aromatic rings. The van der Waals surface area contributed by atoms with Crippen molar-refractivity contribution in [3.63, 3.8) is 0 Å². The van der Waals surface area contributed by atoms with Crippen molar-refractivity contribution in [3.05, 3.63) is 35.4 Å². The number of nitrogens with zero attached hydrogens (tertiary/aromatic N) is 2. The molecule has 0 aromatic heterocycles. The first-order chi connectivity index (χ1) is 7.89. The Kier molecular flexibility index (Phi) is 4.88. The van der Waals surface area contributed by atoms with Gasteiger partial charge >= 0.3 is 0 Å². The van der Waals surface area contributed by atoms with Crippen molar-refractivity contribution in [3.8, 4) is 0 Å². The van der Waals surface area contributed by atoms with E-state index in [1.54, 1.807) is 0 Å². The minimum absolute atomic E-state index is 0.223. The summed E-state index contributed by atoms with van der Waals surface area (Å²) in [4.78, 5) is 6.55. The average molecular weight is 232 g/mol. The van der Waals surface area contributed by atoms with Gasteiger partial charge in [-0.1, -0.05) is 45.0 Å². The van der Waals surface area contributed by atoms with Crippen LogP contribution in [-0.2, 0) is 5.41 Å². The number of aliphatic imine (C=N–C) groups is 1. The fraction of sp³-hybridized carbons (Fsp3) is 0.533. The normalized spacial score (nSPS) is 12.6. The molecule has 0 unspecified atom stereocenters. The van der Waals surface area contributed by atoms with Gasteiger partial charge < -0.3 is 4.90 Å². The summed E-state index contributed by atoms with van der Waals surface area (Å²) >= 11 is 0. The van der Waals surface area contributed by atoms with Crippen molar-refractivity contribution in [2.24, 2.45) is 4.99 Å². The molecule has 0 aliphatic heterocycles. The molecule has 2 nitrogen and oxygen atoms in total. The Labute approximate surface area is 105 Å². The molecule has 0 amide bonds. The monoisotopic (exact) mass is 232 g/mol. The maximum Gasteiger partial charge on any atom is 0.0516 e. The minimum atomic E-state index is 0.223. The second kappa shape index (κ2) is 5.97. The Morgan fingerprint density at radius 2 is 1.71 bits per heavy atom. The van der Waals surface area contributed by atoms with Crippen molar-refractivity contribution in [2.45, 2.75) is 26.2 Å². The van der Waals surface area contributed by atoms with E-state index in [9.17, 15) is 0 Å². The molecule has 0 radical (unpaired) electrons. The van der Waals surface area contributed by atoms with Crippen LogP contribution in [0.1, 0.15) is 31.9 Å². The SMILES string of the molecule is CN(C)CCN=Cc1ccc(C(C)(C)C)cc1. The maximum atomic E-state index is 4.41. The van der Waals surface area contributed by atoms with Gasteiger partial charge in [-0.15, -0.1) is 0 Å². The standard InChI is InChI=1S/C15H24N2/c1-15(2,3)14-8-6-13(7-9-14)12-16-10-11-17(4)5/h6-9,12H,10-11H2,1-5H3. The topological polar surface area (TPSA) is 15.6 Å². The van der Waals surface area contributed by atoms with Gasteiger partial charge in [-0.25, -0.2) is 0 Å². The van der Waals surface area contributed by atoms with E-state index >= 15 is 0 Å². The summed E-state index contributed by atoms with van der Waals surface area (Å²) in [6.07, 6.45) is 1.95. The predicted octanol–water partition coefficient (Wildman–Crippen LogP) is 2.96. The highest BCUT2D eigenvalue weighted by atomic mass is 15.1. The second-order valence-corrected chi connectivity index (χ2v) is 5.71. The molecule has 0 bridgehead atoms. The van der Waals surface area contributed by atoms with Crippen molar-refractivity contribution in [1.82, 2.24) is 4.90 Å². The Hall–Kier alpha value is -1.15. The fourth-order valence-corrected chi connectivity index (χ4v) is 1.50. The number of benzene rings is 1. The number of likely N-dealkylation sites (N-methyl/N-ethyl adjacent to an activating group) is 1. The van der Waals surface area contributed by atoms with Gasteiger partial charge in [0.1, 0.15) is 0 Å². The van der Waals surface area contributed by atoms with Crippen LogP contribution in [0, 0.1) is 0 Å². The number of rotatable bonds is 4. The first kappa shape index (κ1) is 13.9. The van der Waals surface area contributed by atoms with Crippen molar-refractivity contribution in [1.29, 1.82) is 0 Å². The quantitative estimate of drug-likeness (QED) is 0.729. The lowest BCUT2D eigenvalue weighted by Gasteiger charge is -2.18. The second-order valence-electron chi connectivity index (χ2n) is 5.71. The van der Waals surface area contributed by atoms with Gasteiger partial charge in [-0.3, -0.25) is 4.99 Å². The van der Waals surface area contributed by atoms with Gasteiger partial charge in [0.05, 0.1) is 6.54 Å². The van der Waals surface area contributed by atoms with Gasteiger partial charge in [-0.2, -0.15) is 0 Å². The smallest absolute Gasteiger partial charge is 0.0516 e. The van der Waals surface area contributed by atoms with E-state index in [4.69, 9.17) is 0 Å². The van der Waals surface area contributed by atoms with Crippen molar-refractivity contribution in [2.75, 3.05) is 27.2 Å². The molecular formula is C15H24N2.